The molecule has 122 valence electrons. The minimum absolute atomic E-state index is 0.0958. The number of carbonyl (C=O) groups excluding carboxylic acids is 1. The van der Waals surface area contributed by atoms with Gasteiger partial charge in [0.1, 0.15) is 5.69 Å². The highest BCUT2D eigenvalue weighted by molar-refractivity contribution is 5.93. The first-order valence-electron chi connectivity index (χ1n) is 7.63. The highest BCUT2D eigenvalue weighted by Gasteiger charge is 2.31. The number of aryl methyl sites for hydroxylation is 2. The summed E-state index contributed by atoms with van der Waals surface area (Å²) in [7, 11) is 3.71. The van der Waals surface area contributed by atoms with Gasteiger partial charge >= 0.3 is 0 Å². The average Bonchev–Trinajstić information content (AvgIpc) is 2.99. The van der Waals surface area contributed by atoms with Crippen LogP contribution in [0.25, 0.3) is 0 Å². The molecule has 1 amide bonds. The van der Waals surface area contributed by atoms with Gasteiger partial charge in [0.25, 0.3) is 5.91 Å². The molecule has 0 saturated carbocycles. The molecule has 3 rings (SSSR count). The highest BCUT2D eigenvalue weighted by atomic mass is 16.5. The van der Waals surface area contributed by atoms with Gasteiger partial charge in [-0.25, -0.2) is 9.97 Å². The van der Waals surface area contributed by atoms with E-state index in [0.717, 1.165) is 11.4 Å². The number of morpholine rings is 1. The number of nitrogens with zero attached hydrogens (tertiary/aromatic N) is 4. The van der Waals surface area contributed by atoms with Crippen molar-refractivity contribution in [2.45, 2.75) is 13.0 Å². The van der Waals surface area contributed by atoms with Crippen LogP contribution < -0.4 is 5.32 Å². The van der Waals surface area contributed by atoms with Crippen LogP contribution >= 0.6 is 0 Å². The zero-order valence-electron chi connectivity index (χ0n) is 13.6. The van der Waals surface area contributed by atoms with E-state index in [4.69, 9.17) is 4.74 Å². The molecule has 7 nitrogen and oxygen atoms in total. The lowest BCUT2D eigenvalue weighted by atomic mass is 10.1. The zero-order valence-corrected chi connectivity index (χ0v) is 13.6. The van der Waals surface area contributed by atoms with Gasteiger partial charge in [-0.1, -0.05) is 0 Å². The zero-order chi connectivity index (χ0) is 16.4. The molecule has 1 aliphatic heterocycles. The quantitative estimate of drug-likeness (QED) is 0.926. The number of hydrogen-bond acceptors (Lipinski definition) is 5. The molecule has 2 aromatic rings. The second-order valence-corrected chi connectivity index (χ2v) is 5.60. The number of amides is 1. The lowest BCUT2D eigenvalue weighted by Crippen LogP contribution is -2.44. The maximum absolute atomic E-state index is 13.0. The van der Waals surface area contributed by atoms with Gasteiger partial charge in [-0.05, 0) is 25.1 Å². The Labute approximate surface area is 135 Å². The van der Waals surface area contributed by atoms with Crippen molar-refractivity contribution in [3.05, 3.63) is 41.5 Å². The summed E-state index contributed by atoms with van der Waals surface area (Å²) in [4.78, 5) is 23.4. The topological polar surface area (TPSA) is 72.3 Å². The van der Waals surface area contributed by atoms with Crippen molar-refractivity contribution < 1.29 is 9.53 Å². The SMILES string of the molecule is CNc1nc(C)cc(C(=O)N2CCOCC2c2cccn2C)n1. The molecule has 1 atom stereocenters. The first-order chi connectivity index (χ1) is 11.1. The molecule has 23 heavy (non-hydrogen) atoms. The summed E-state index contributed by atoms with van der Waals surface area (Å²) >= 11 is 0. The lowest BCUT2D eigenvalue weighted by Gasteiger charge is -2.35. The normalized spacial score (nSPS) is 18.0. The van der Waals surface area contributed by atoms with Gasteiger partial charge in [0.15, 0.2) is 0 Å². The number of carbonyl (C=O) groups is 1. The summed E-state index contributed by atoms with van der Waals surface area (Å²) in [5.74, 6) is 0.360. The van der Waals surface area contributed by atoms with Crippen LogP contribution in [0.3, 0.4) is 0 Å². The second-order valence-electron chi connectivity index (χ2n) is 5.60. The van der Waals surface area contributed by atoms with E-state index in [1.165, 1.54) is 0 Å². The van der Waals surface area contributed by atoms with Crippen molar-refractivity contribution in [1.29, 1.82) is 0 Å². The minimum Gasteiger partial charge on any atom is -0.377 e. The number of rotatable bonds is 3. The summed E-state index contributed by atoms with van der Waals surface area (Å²) in [6.45, 7) is 3.43. The van der Waals surface area contributed by atoms with Gasteiger partial charge in [-0.15, -0.1) is 0 Å². The van der Waals surface area contributed by atoms with E-state index in [-0.39, 0.29) is 11.9 Å². The average molecular weight is 315 g/mol. The summed E-state index contributed by atoms with van der Waals surface area (Å²) in [6, 6.07) is 5.61. The lowest BCUT2D eigenvalue weighted by molar-refractivity contribution is -0.00494. The predicted octanol–water partition coefficient (Wildman–Crippen LogP) is 1.38. The monoisotopic (exact) mass is 315 g/mol. The van der Waals surface area contributed by atoms with E-state index >= 15 is 0 Å². The van der Waals surface area contributed by atoms with Crippen LogP contribution in [0, 0.1) is 6.92 Å². The smallest absolute Gasteiger partial charge is 0.273 e. The standard InChI is InChI=1S/C16H21N5O2/c1-11-9-12(19-16(17-2)18-11)15(22)21-7-8-23-10-14(21)13-5-4-6-20(13)3/h4-6,9,14H,7-8,10H2,1-3H3,(H,17,18,19). The summed E-state index contributed by atoms with van der Waals surface area (Å²) in [5.41, 5.74) is 2.22. The molecule has 0 aromatic carbocycles. The fourth-order valence-corrected chi connectivity index (χ4v) is 2.85. The Morgan fingerprint density at radius 2 is 2.26 bits per heavy atom. The Balaban J connectivity index is 1.93. The highest BCUT2D eigenvalue weighted by Crippen LogP contribution is 2.26. The van der Waals surface area contributed by atoms with E-state index in [1.807, 2.05) is 41.8 Å². The van der Waals surface area contributed by atoms with E-state index in [0.29, 0.717) is 31.4 Å². The van der Waals surface area contributed by atoms with E-state index in [1.54, 1.807) is 13.1 Å². The molecular weight excluding hydrogens is 294 g/mol. The molecule has 7 heteroatoms. The largest absolute Gasteiger partial charge is 0.377 e. The fourth-order valence-electron chi connectivity index (χ4n) is 2.85. The number of anilines is 1. The third kappa shape index (κ3) is 3.05. The maximum Gasteiger partial charge on any atom is 0.273 e. The Morgan fingerprint density at radius 3 is 2.96 bits per heavy atom. The summed E-state index contributed by atoms with van der Waals surface area (Å²) in [6.07, 6.45) is 1.97. The van der Waals surface area contributed by atoms with Crippen molar-refractivity contribution in [2.24, 2.45) is 7.05 Å². The summed E-state index contributed by atoms with van der Waals surface area (Å²) < 4.78 is 7.61. The van der Waals surface area contributed by atoms with Gasteiger partial charge in [0.05, 0.1) is 19.3 Å². The van der Waals surface area contributed by atoms with Crippen LogP contribution in [-0.4, -0.2) is 52.1 Å². The third-order valence-corrected chi connectivity index (χ3v) is 4.01. The molecule has 3 heterocycles. The van der Waals surface area contributed by atoms with Gasteiger partial charge in [0, 0.05) is 38.2 Å². The number of ether oxygens (including phenoxy) is 1. The van der Waals surface area contributed by atoms with Crippen molar-refractivity contribution in [1.82, 2.24) is 19.4 Å². The van der Waals surface area contributed by atoms with Crippen LogP contribution in [-0.2, 0) is 11.8 Å². The summed E-state index contributed by atoms with van der Waals surface area (Å²) in [5, 5.41) is 2.89. The maximum atomic E-state index is 13.0. The van der Waals surface area contributed by atoms with E-state index < -0.39 is 0 Å². The van der Waals surface area contributed by atoms with Gasteiger partial charge < -0.3 is 19.5 Å². The second kappa shape index (κ2) is 6.37. The molecule has 0 aliphatic carbocycles. The number of nitrogens with one attached hydrogen (secondary N) is 1. The van der Waals surface area contributed by atoms with E-state index in [2.05, 4.69) is 15.3 Å². The predicted molar refractivity (Wildman–Crippen MR) is 86.3 cm³/mol. The minimum atomic E-state index is -0.107. The van der Waals surface area contributed by atoms with Crippen LogP contribution in [0.5, 0.6) is 0 Å². The third-order valence-electron chi connectivity index (χ3n) is 4.01. The first-order valence-corrected chi connectivity index (χ1v) is 7.63. The molecule has 2 aromatic heterocycles. The fraction of sp³-hybridized carbons (Fsp3) is 0.438. The molecule has 1 saturated heterocycles. The van der Waals surface area contributed by atoms with Crippen molar-refractivity contribution in [3.8, 4) is 0 Å². The Bertz CT molecular complexity index is 712. The van der Waals surface area contributed by atoms with E-state index in [9.17, 15) is 4.79 Å². The molecule has 1 N–H and O–H groups in total. The molecule has 0 radical (unpaired) electrons. The van der Waals surface area contributed by atoms with Crippen molar-refractivity contribution >= 4 is 11.9 Å². The molecule has 1 unspecified atom stereocenters. The van der Waals surface area contributed by atoms with Gasteiger partial charge in [0.2, 0.25) is 5.95 Å². The molecular formula is C16H21N5O2. The molecule has 1 aliphatic rings. The molecule has 1 fully saturated rings. The van der Waals surface area contributed by atoms with Gasteiger partial charge in [-0.2, -0.15) is 0 Å². The van der Waals surface area contributed by atoms with Crippen LogP contribution in [0.1, 0.15) is 27.9 Å². The number of aromatic nitrogens is 3. The molecule has 0 bridgehead atoms. The van der Waals surface area contributed by atoms with Crippen LogP contribution in [0.15, 0.2) is 24.4 Å². The van der Waals surface area contributed by atoms with Crippen LogP contribution in [0.4, 0.5) is 5.95 Å². The van der Waals surface area contributed by atoms with Crippen molar-refractivity contribution in [3.63, 3.8) is 0 Å². The Morgan fingerprint density at radius 1 is 1.43 bits per heavy atom. The molecule has 0 spiro atoms. The Hall–Kier alpha value is -2.41. The van der Waals surface area contributed by atoms with Gasteiger partial charge in [-0.3, -0.25) is 4.79 Å². The van der Waals surface area contributed by atoms with Crippen molar-refractivity contribution in [2.75, 3.05) is 32.1 Å². The first kappa shape index (κ1) is 15.5. The van der Waals surface area contributed by atoms with Crippen LogP contribution in [0.2, 0.25) is 0 Å². The Kier molecular flexibility index (Phi) is 4.29. The number of hydrogen-bond donors (Lipinski definition) is 1.